The number of nitrogens with zero attached hydrogens (tertiary/aromatic N) is 2. The number of ether oxygens (including phenoxy) is 2. The van der Waals surface area contributed by atoms with E-state index in [1.807, 2.05) is 29.0 Å². The number of hydrogen-bond acceptors (Lipinski definition) is 4. The van der Waals surface area contributed by atoms with Gasteiger partial charge in [-0.05, 0) is 62.3 Å². The van der Waals surface area contributed by atoms with E-state index in [2.05, 4.69) is 12.1 Å². The molecule has 2 aliphatic rings. The Labute approximate surface area is 219 Å². The van der Waals surface area contributed by atoms with E-state index < -0.39 is 11.2 Å². The highest BCUT2D eigenvalue weighted by Gasteiger charge is 2.43. The molecule has 1 saturated heterocycles. The molecule has 2 heterocycles. The van der Waals surface area contributed by atoms with Crippen molar-refractivity contribution >= 4 is 11.8 Å². The number of amides is 2. The van der Waals surface area contributed by atoms with Crippen molar-refractivity contribution in [1.29, 1.82) is 0 Å². The van der Waals surface area contributed by atoms with Crippen LogP contribution < -0.4 is 9.47 Å². The molecule has 0 aromatic heterocycles. The first-order valence-corrected chi connectivity index (χ1v) is 13.6. The summed E-state index contributed by atoms with van der Waals surface area (Å²) in [6.07, 6.45) is 7.24. The summed E-state index contributed by atoms with van der Waals surface area (Å²) in [5.74, 6) is 0.986. The summed E-state index contributed by atoms with van der Waals surface area (Å²) in [6.45, 7) is 2.48. The lowest BCUT2D eigenvalue weighted by Crippen LogP contribution is -2.51. The lowest BCUT2D eigenvalue weighted by Gasteiger charge is -2.42. The number of benzene rings is 2. The number of likely N-dealkylation sites (tertiary alicyclic amines) is 1. The Balaban J connectivity index is 1.29. The number of piperidine rings is 1. The molecule has 2 amide bonds. The molecule has 2 aromatic rings. The predicted octanol–water partition coefficient (Wildman–Crippen LogP) is 5.25. The quantitative estimate of drug-likeness (QED) is 0.516. The zero-order valence-electron chi connectivity index (χ0n) is 21.9. The maximum atomic E-state index is 13.7. The SMILES string of the molecule is CN1CCOc2ccccc2CCCCCC2(CCN(C(=O)CCCOc3ccccc3F)CC2)C1=O. The van der Waals surface area contributed by atoms with Gasteiger partial charge in [0.1, 0.15) is 12.4 Å². The molecule has 4 rings (SSSR count). The van der Waals surface area contributed by atoms with Gasteiger partial charge >= 0.3 is 0 Å². The second-order valence-electron chi connectivity index (χ2n) is 10.3. The maximum Gasteiger partial charge on any atom is 0.228 e. The van der Waals surface area contributed by atoms with E-state index >= 15 is 0 Å². The van der Waals surface area contributed by atoms with Crippen LogP contribution >= 0.6 is 0 Å². The number of para-hydroxylation sites is 2. The number of aryl methyl sites for hydroxylation is 1. The second kappa shape index (κ2) is 12.9. The van der Waals surface area contributed by atoms with Crippen LogP contribution in [0.25, 0.3) is 0 Å². The van der Waals surface area contributed by atoms with E-state index in [4.69, 9.17) is 9.47 Å². The molecule has 7 heteroatoms. The highest BCUT2D eigenvalue weighted by molar-refractivity contribution is 5.83. The van der Waals surface area contributed by atoms with Crippen molar-refractivity contribution in [1.82, 2.24) is 9.80 Å². The minimum atomic E-state index is -0.416. The van der Waals surface area contributed by atoms with Crippen molar-refractivity contribution < 1.29 is 23.5 Å². The van der Waals surface area contributed by atoms with Gasteiger partial charge in [0.2, 0.25) is 11.8 Å². The molecule has 0 saturated carbocycles. The van der Waals surface area contributed by atoms with Crippen molar-refractivity contribution in [3.63, 3.8) is 0 Å². The highest BCUT2D eigenvalue weighted by atomic mass is 19.1. The standard InChI is InChI=1S/C30H39FN2O4/c1-32-21-23-37-26-13-6-4-11-24(26)10-3-2-8-16-30(29(32)35)17-19-33(20-18-30)28(34)15-9-22-36-27-14-7-5-12-25(27)31/h4-7,11-14H,2-3,8-10,15-23H2,1H3. The summed E-state index contributed by atoms with van der Waals surface area (Å²) in [7, 11) is 1.87. The van der Waals surface area contributed by atoms with Crippen molar-refractivity contribution in [2.45, 2.75) is 57.8 Å². The Morgan fingerprint density at radius 3 is 2.57 bits per heavy atom. The normalized spacial score (nSPS) is 18.7. The second-order valence-corrected chi connectivity index (χ2v) is 10.3. The van der Waals surface area contributed by atoms with Gasteiger partial charge < -0.3 is 19.3 Å². The first kappa shape index (κ1) is 27.0. The van der Waals surface area contributed by atoms with Crippen LogP contribution in [0, 0.1) is 11.2 Å². The van der Waals surface area contributed by atoms with E-state index in [-0.39, 0.29) is 17.6 Å². The molecule has 200 valence electrons. The Hall–Kier alpha value is -3.09. The van der Waals surface area contributed by atoms with Gasteiger partial charge in [-0.2, -0.15) is 0 Å². The van der Waals surface area contributed by atoms with Gasteiger partial charge in [-0.15, -0.1) is 0 Å². The van der Waals surface area contributed by atoms with Gasteiger partial charge in [0, 0.05) is 26.6 Å². The third-order valence-corrected chi connectivity index (χ3v) is 7.76. The van der Waals surface area contributed by atoms with E-state index in [1.54, 1.807) is 18.2 Å². The van der Waals surface area contributed by atoms with Gasteiger partial charge in [-0.3, -0.25) is 9.59 Å². The molecular weight excluding hydrogens is 471 g/mol. The minimum Gasteiger partial charge on any atom is -0.491 e. The number of rotatable bonds is 5. The lowest BCUT2D eigenvalue weighted by atomic mass is 9.73. The number of likely N-dealkylation sites (N-methyl/N-ethyl adjacent to an activating group) is 1. The maximum absolute atomic E-state index is 13.7. The Kier molecular flexibility index (Phi) is 9.42. The lowest BCUT2D eigenvalue weighted by molar-refractivity contribution is -0.148. The highest BCUT2D eigenvalue weighted by Crippen LogP contribution is 2.39. The van der Waals surface area contributed by atoms with E-state index in [1.165, 1.54) is 11.6 Å². The third kappa shape index (κ3) is 7.02. The summed E-state index contributed by atoms with van der Waals surface area (Å²) >= 11 is 0. The van der Waals surface area contributed by atoms with Crippen LogP contribution in [0.5, 0.6) is 11.5 Å². The summed E-state index contributed by atoms with van der Waals surface area (Å²) in [5.41, 5.74) is 0.817. The fourth-order valence-corrected chi connectivity index (χ4v) is 5.49. The number of hydrogen-bond donors (Lipinski definition) is 0. The fraction of sp³-hybridized carbons (Fsp3) is 0.533. The van der Waals surface area contributed by atoms with Crippen molar-refractivity contribution in [3.05, 3.63) is 59.9 Å². The molecule has 1 spiro atoms. The van der Waals surface area contributed by atoms with Crippen molar-refractivity contribution in [2.24, 2.45) is 5.41 Å². The molecule has 0 radical (unpaired) electrons. The van der Waals surface area contributed by atoms with Crippen LogP contribution in [-0.2, 0) is 16.0 Å². The number of halogens is 1. The van der Waals surface area contributed by atoms with Crippen LogP contribution in [0.2, 0.25) is 0 Å². The van der Waals surface area contributed by atoms with Gasteiger partial charge in [0.15, 0.2) is 11.6 Å². The van der Waals surface area contributed by atoms with Gasteiger partial charge in [0.05, 0.1) is 18.6 Å². The first-order chi connectivity index (χ1) is 18.0. The van der Waals surface area contributed by atoms with Crippen LogP contribution in [0.3, 0.4) is 0 Å². The average Bonchev–Trinajstić information content (AvgIpc) is 2.92. The van der Waals surface area contributed by atoms with Gasteiger partial charge in [-0.1, -0.05) is 43.2 Å². The largest absolute Gasteiger partial charge is 0.491 e. The van der Waals surface area contributed by atoms with Crippen LogP contribution in [0.1, 0.15) is 56.9 Å². The van der Waals surface area contributed by atoms with Crippen molar-refractivity contribution in [2.75, 3.05) is 39.9 Å². The molecule has 0 atom stereocenters. The molecule has 37 heavy (non-hydrogen) atoms. The van der Waals surface area contributed by atoms with Gasteiger partial charge in [-0.25, -0.2) is 4.39 Å². The smallest absolute Gasteiger partial charge is 0.228 e. The molecule has 0 aliphatic carbocycles. The first-order valence-electron chi connectivity index (χ1n) is 13.6. The summed E-state index contributed by atoms with van der Waals surface area (Å²) in [5, 5.41) is 0. The van der Waals surface area contributed by atoms with Crippen molar-refractivity contribution in [3.8, 4) is 11.5 Å². The number of carbonyl (C=O) groups excluding carboxylic acids is 2. The summed E-state index contributed by atoms with van der Waals surface area (Å²) in [6, 6.07) is 14.5. The topological polar surface area (TPSA) is 59.1 Å². The number of fused-ring (bicyclic) bond motifs is 1. The predicted molar refractivity (Wildman–Crippen MR) is 141 cm³/mol. The average molecular weight is 511 g/mol. The fourth-order valence-electron chi connectivity index (χ4n) is 5.49. The Morgan fingerprint density at radius 2 is 1.76 bits per heavy atom. The number of carbonyl (C=O) groups is 2. The third-order valence-electron chi connectivity index (χ3n) is 7.76. The van der Waals surface area contributed by atoms with Crippen LogP contribution in [0.15, 0.2) is 48.5 Å². The Morgan fingerprint density at radius 1 is 1.00 bits per heavy atom. The van der Waals surface area contributed by atoms with E-state index in [9.17, 15) is 14.0 Å². The molecule has 0 bridgehead atoms. The van der Waals surface area contributed by atoms with E-state index in [0.29, 0.717) is 58.5 Å². The van der Waals surface area contributed by atoms with E-state index in [0.717, 1.165) is 37.9 Å². The molecule has 2 aromatic carbocycles. The zero-order valence-corrected chi connectivity index (χ0v) is 21.9. The van der Waals surface area contributed by atoms with Crippen LogP contribution in [-0.4, -0.2) is 61.5 Å². The molecular formula is C30H39FN2O4. The zero-order chi connectivity index (χ0) is 26.1. The molecule has 2 aliphatic heterocycles. The van der Waals surface area contributed by atoms with Crippen LogP contribution in [0.4, 0.5) is 4.39 Å². The van der Waals surface area contributed by atoms with Gasteiger partial charge in [0.25, 0.3) is 0 Å². The molecule has 0 N–H and O–H groups in total. The summed E-state index contributed by atoms with van der Waals surface area (Å²) < 4.78 is 25.2. The molecule has 1 fully saturated rings. The summed E-state index contributed by atoms with van der Waals surface area (Å²) in [4.78, 5) is 30.2. The molecule has 6 nitrogen and oxygen atoms in total. The minimum absolute atomic E-state index is 0.0728. The molecule has 0 unspecified atom stereocenters. The Bertz CT molecular complexity index is 1050. The monoisotopic (exact) mass is 510 g/mol.